The summed E-state index contributed by atoms with van der Waals surface area (Å²) in [6, 6.07) is 13.8. The van der Waals surface area contributed by atoms with Crippen LogP contribution < -0.4 is 16.0 Å². The summed E-state index contributed by atoms with van der Waals surface area (Å²) in [7, 11) is 0. The lowest BCUT2D eigenvalue weighted by molar-refractivity contribution is -0.143. The molecule has 0 bridgehead atoms. The zero-order valence-corrected chi connectivity index (χ0v) is 18.0. The van der Waals surface area contributed by atoms with E-state index in [4.69, 9.17) is 4.74 Å². The summed E-state index contributed by atoms with van der Waals surface area (Å²) in [4.78, 5) is 48.3. The largest absolute Gasteiger partial charge is 0.481 e. The van der Waals surface area contributed by atoms with E-state index in [1.54, 1.807) is 6.92 Å². The first kappa shape index (κ1) is 22.3. The Morgan fingerprint density at radius 3 is 2.27 bits per heavy atom. The van der Waals surface area contributed by atoms with Gasteiger partial charge in [0.25, 0.3) is 0 Å². The molecule has 0 spiro atoms. The Hall–Kier alpha value is -3.88. The molecule has 1 fully saturated rings. The molecule has 9 heteroatoms. The highest BCUT2D eigenvalue weighted by Gasteiger charge is 2.41. The van der Waals surface area contributed by atoms with Crippen LogP contribution >= 0.6 is 0 Å². The number of carboxylic acid groups (broad SMARTS) is 1. The number of hydrogen-bond acceptors (Lipinski definition) is 5. The van der Waals surface area contributed by atoms with Gasteiger partial charge in [0.2, 0.25) is 11.8 Å². The molecule has 1 saturated heterocycles. The van der Waals surface area contributed by atoms with Crippen molar-refractivity contribution >= 4 is 23.9 Å². The van der Waals surface area contributed by atoms with Crippen molar-refractivity contribution < 1.29 is 29.0 Å². The molecule has 4 rings (SSSR count). The summed E-state index contributed by atoms with van der Waals surface area (Å²) < 4.78 is 5.47. The Labute approximate surface area is 190 Å². The second kappa shape index (κ2) is 9.32. The van der Waals surface area contributed by atoms with Crippen molar-refractivity contribution in [2.45, 2.75) is 31.3 Å². The maximum Gasteiger partial charge on any atom is 0.407 e. The quantitative estimate of drug-likeness (QED) is 0.506. The van der Waals surface area contributed by atoms with Gasteiger partial charge in [-0.05, 0) is 28.7 Å². The molecule has 33 heavy (non-hydrogen) atoms. The van der Waals surface area contributed by atoms with E-state index in [2.05, 4.69) is 16.0 Å². The molecule has 1 aliphatic carbocycles. The van der Waals surface area contributed by atoms with E-state index in [9.17, 15) is 24.3 Å². The summed E-state index contributed by atoms with van der Waals surface area (Å²) in [5.41, 5.74) is 4.36. The summed E-state index contributed by atoms with van der Waals surface area (Å²) in [5, 5.41) is 16.6. The third kappa shape index (κ3) is 4.39. The fraction of sp³-hybridized carbons (Fsp3) is 0.333. The highest BCUT2D eigenvalue weighted by atomic mass is 16.5. The van der Waals surface area contributed by atoms with Crippen LogP contribution in [-0.4, -0.2) is 54.2 Å². The van der Waals surface area contributed by atoms with Gasteiger partial charge >= 0.3 is 12.1 Å². The molecule has 1 heterocycles. The molecule has 2 aromatic carbocycles. The average molecular weight is 451 g/mol. The third-order valence-corrected chi connectivity index (χ3v) is 6.16. The first-order valence-corrected chi connectivity index (χ1v) is 10.8. The lowest BCUT2D eigenvalue weighted by Gasteiger charge is -2.21. The topological polar surface area (TPSA) is 134 Å². The molecule has 2 aromatic rings. The number of aliphatic carboxylic acids is 1. The second-order valence-corrected chi connectivity index (χ2v) is 8.11. The number of ether oxygens (including phenoxy) is 1. The van der Waals surface area contributed by atoms with E-state index < -0.39 is 41.9 Å². The van der Waals surface area contributed by atoms with Crippen molar-refractivity contribution in [1.29, 1.82) is 0 Å². The molecule has 2 aliphatic rings. The van der Waals surface area contributed by atoms with E-state index in [0.717, 1.165) is 22.3 Å². The van der Waals surface area contributed by atoms with Crippen LogP contribution in [0.2, 0.25) is 0 Å². The SMILES string of the molecule is CCC(NC(=O)OCC1c2ccccc2-c2ccccc21)C(=O)NC1C(=O)NCC1C(=O)O. The standard InChI is InChI=1S/C24H25N3O6/c1-2-19(21(28)27-20-17(23(30)31)11-25-22(20)29)26-24(32)33-12-18-15-9-5-3-7-13(15)14-8-4-6-10-16(14)18/h3-10,17-20H,2,11-12H2,1H3,(H,25,29)(H,26,32)(H,27,28)(H,30,31). The Kier molecular flexibility index (Phi) is 6.30. The molecule has 0 aromatic heterocycles. The van der Waals surface area contributed by atoms with Gasteiger partial charge in [-0.2, -0.15) is 0 Å². The van der Waals surface area contributed by atoms with E-state index in [1.165, 1.54) is 0 Å². The van der Waals surface area contributed by atoms with Gasteiger partial charge in [-0.15, -0.1) is 0 Å². The Balaban J connectivity index is 1.38. The first-order chi connectivity index (χ1) is 15.9. The van der Waals surface area contributed by atoms with Gasteiger partial charge in [0.1, 0.15) is 24.6 Å². The molecule has 0 radical (unpaired) electrons. The van der Waals surface area contributed by atoms with Crippen molar-refractivity contribution in [2.75, 3.05) is 13.2 Å². The highest BCUT2D eigenvalue weighted by Crippen LogP contribution is 2.44. The molecule has 9 nitrogen and oxygen atoms in total. The normalized spacial score (nSPS) is 19.7. The van der Waals surface area contributed by atoms with Crippen LogP contribution in [-0.2, 0) is 19.1 Å². The van der Waals surface area contributed by atoms with E-state index in [-0.39, 0.29) is 25.5 Å². The van der Waals surface area contributed by atoms with E-state index in [0.29, 0.717) is 0 Å². The summed E-state index contributed by atoms with van der Waals surface area (Å²) in [5.74, 6) is -3.56. The minimum absolute atomic E-state index is 0.0598. The van der Waals surface area contributed by atoms with Gasteiger partial charge in [-0.1, -0.05) is 55.5 Å². The maximum absolute atomic E-state index is 12.6. The van der Waals surface area contributed by atoms with E-state index in [1.807, 2.05) is 48.5 Å². The molecule has 3 unspecified atom stereocenters. The average Bonchev–Trinajstić information content (AvgIpc) is 3.34. The van der Waals surface area contributed by atoms with Gasteiger partial charge in [-0.3, -0.25) is 14.4 Å². The van der Waals surface area contributed by atoms with Crippen LogP contribution in [0, 0.1) is 5.92 Å². The molecule has 0 saturated carbocycles. The van der Waals surface area contributed by atoms with Crippen molar-refractivity contribution in [2.24, 2.45) is 5.92 Å². The molecular formula is C24H25N3O6. The summed E-state index contributed by atoms with van der Waals surface area (Å²) in [6.07, 6.45) is -0.522. The Morgan fingerprint density at radius 2 is 1.70 bits per heavy atom. The van der Waals surface area contributed by atoms with Crippen LogP contribution in [0.4, 0.5) is 4.79 Å². The number of amides is 3. The number of carboxylic acids is 1. The fourth-order valence-electron chi connectivity index (χ4n) is 4.41. The van der Waals surface area contributed by atoms with Crippen LogP contribution in [0.3, 0.4) is 0 Å². The van der Waals surface area contributed by atoms with E-state index >= 15 is 0 Å². The van der Waals surface area contributed by atoms with Crippen molar-refractivity contribution in [3.05, 3.63) is 59.7 Å². The lowest BCUT2D eigenvalue weighted by atomic mass is 9.98. The zero-order valence-electron chi connectivity index (χ0n) is 18.0. The molecule has 1 aliphatic heterocycles. The van der Waals surface area contributed by atoms with Crippen molar-refractivity contribution in [1.82, 2.24) is 16.0 Å². The van der Waals surface area contributed by atoms with Crippen LogP contribution in [0.15, 0.2) is 48.5 Å². The number of nitrogens with one attached hydrogen (secondary N) is 3. The summed E-state index contributed by atoms with van der Waals surface area (Å²) >= 11 is 0. The molecular weight excluding hydrogens is 426 g/mol. The minimum Gasteiger partial charge on any atom is -0.481 e. The van der Waals surface area contributed by atoms with Crippen molar-refractivity contribution in [3.8, 4) is 11.1 Å². The number of carbonyl (C=O) groups excluding carboxylic acids is 3. The summed E-state index contributed by atoms with van der Waals surface area (Å²) in [6.45, 7) is 1.73. The second-order valence-electron chi connectivity index (χ2n) is 8.11. The third-order valence-electron chi connectivity index (χ3n) is 6.16. The van der Waals surface area contributed by atoms with Gasteiger partial charge in [0.15, 0.2) is 0 Å². The number of fused-ring (bicyclic) bond motifs is 3. The smallest absolute Gasteiger partial charge is 0.407 e. The Morgan fingerprint density at radius 1 is 1.09 bits per heavy atom. The minimum atomic E-state index is -1.19. The van der Waals surface area contributed by atoms with Crippen LogP contribution in [0.5, 0.6) is 0 Å². The molecule has 4 N–H and O–H groups in total. The maximum atomic E-state index is 12.6. The van der Waals surface area contributed by atoms with Gasteiger partial charge in [0.05, 0.1) is 0 Å². The predicted molar refractivity (Wildman–Crippen MR) is 118 cm³/mol. The fourth-order valence-corrected chi connectivity index (χ4v) is 4.41. The number of benzene rings is 2. The number of carbonyl (C=O) groups is 4. The van der Waals surface area contributed by atoms with Gasteiger partial charge in [-0.25, -0.2) is 4.79 Å². The molecule has 172 valence electrons. The first-order valence-electron chi connectivity index (χ1n) is 10.8. The number of rotatable bonds is 7. The molecule has 3 amide bonds. The van der Waals surface area contributed by atoms with Gasteiger partial charge < -0.3 is 25.8 Å². The van der Waals surface area contributed by atoms with Crippen molar-refractivity contribution in [3.63, 3.8) is 0 Å². The lowest BCUT2D eigenvalue weighted by Crippen LogP contribution is -2.53. The number of hydrogen-bond donors (Lipinski definition) is 4. The zero-order chi connectivity index (χ0) is 23.5. The van der Waals surface area contributed by atoms with Crippen LogP contribution in [0.1, 0.15) is 30.4 Å². The Bertz CT molecular complexity index is 1060. The monoisotopic (exact) mass is 451 g/mol. The van der Waals surface area contributed by atoms with Gasteiger partial charge in [0, 0.05) is 12.5 Å². The molecule has 3 atom stereocenters. The number of alkyl carbamates (subject to hydrolysis) is 1. The van der Waals surface area contributed by atoms with Crippen LogP contribution in [0.25, 0.3) is 11.1 Å². The predicted octanol–water partition coefficient (Wildman–Crippen LogP) is 1.62. The highest BCUT2D eigenvalue weighted by molar-refractivity contribution is 5.96.